The summed E-state index contributed by atoms with van der Waals surface area (Å²) in [6.45, 7) is 12.5. The average molecular weight is 444 g/mol. The molecule has 176 valence electrons. The number of rotatable bonds is 8. The molecule has 1 atom stereocenters. The van der Waals surface area contributed by atoms with Crippen LogP contribution in [0, 0.1) is 5.92 Å². The number of nitrogens with one attached hydrogen (secondary N) is 2. The van der Waals surface area contributed by atoms with Crippen molar-refractivity contribution in [3.8, 4) is 0 Å². The van der Waals surface area contributed by atoms with Gasteiger partial charge in [0.2, 0.25) is 10.0 Å². The van der Waals surface area contributed by atoms with Gasteiger partial charge in [0.1, 0.15) is 0 Å². The monoisotopic (exact) mass is 443 g/mol. The van der Waals surface area contributed by atoms with Crippen molar-refractivity contribution in [1.82, 2.24) is 14.9 Å². The molecule has 1 rings (SSSR count). The summed E-state index contributed by atoms with van der Waals surface area (Å²) in [5.41, 5.74) is 1.12. The molecular weight excluding hydrogens is 398 g/mol. The van der Waals surface area contributed by atoms with Gasteiger partial charge in [0.25, 0.3) is 0 Å². The van der Waals surface area contributed by atoms with E-state index in [2.05, 4.69) is 22.2 Å². The Kier molecular flexibility index (Phi) is 24.2. The van der Waals surface area contributed by atoms with Crippen molar-refractivity contribution >= 4 is 10.0 Å². The number of hydrogen-bond donors (Lipinski definition) is 3. The molecule has 7 heteroatoms. The molecule has 0 bridgehead atoms. The number of aliphatic hydroxyl groups is 1. The van der Waals surface area contributed by atoms with Gasteiger partial charge in [-0.25, -0.2) is 13.1 Å². The van der Waals surface area contributed by atoms with Crippen LogP contribution >= 0.6 is 0 Å². The summed E-state index contributed by atoms with van der Waals surface area (Å²) in [7, 11) is 2.37. The number of likely N-dealkylation sites (N-methyl/N-ethyl adjacent to an activating group) is 2. The highest BCUT2D eigenvalue weighted by atomic mass is 32.2. The highest BCUT2D eigenvalue weighted by molar-refractivity contribution is 7.93. The highest BCUT2D eigenvalue weighted by Crippen LogP contribution is 2.14. The normalized spacial score (nSPS) is 15.6. The Bertz CT molecular complexity index is 647. The van der Waals surface area contributed by atoms with Crippen LogP contribution < -0.4 is 10.0 Å². The molecule has 1 aliphatic carbocycles. The molecule has 0 aliphatic heterocycles. The van der Waals surface area contributed by atoms with Gasteiger partial charge >= 0.3 is 0 Å². The number of aliphatic hydroxyl groups excluding tert-OH is 1. The molecule has 1 aliphatic rings. The largest absolute Gasteiger partial charge is 0.397 e. The van der Waals surface area contributed by atoms with Gasteiger partial charge in [-0.05, 0) is 33.0 Å². The molecule has 0 amide bonds. The molecule has 0 fully saturated rings. The second-order valence-corrected chi connectivity index (χ2v) is 7.73. The van der Waals surface area contributed by atoms with Crippen LogP contribution in [0.2, 0.25) is 0 Å². The van der Waals surface area contributed by atoms with Crippen LogP contribution in [0.25, 0.3) is 0 Å². The second kappa shape index (κ2) is 22.0. The van der Waals surface area contributed by atoms with Crippen molar-refractivity contribution in [2.24, 2.45) is 5.92 Å². The average Bonchev–Trinajstić information content (AvgIpc) is 2.97. The van der Waals surface area contributed by atoms with Crippen LogP contribution in [0.15, 0.2) is 59.2 Å². The van der Waals surface area contributed by atoms with Gasteiger partial charge in [0.15, 0.2) is 0 Å². The number of nitrogens with zero attached hydrogens (tertiary/aromatic N) is 1. The topological polar surface area (TPSA) is 81.7 Å². The van der Waals surface area contributed by atoms with Crippen molar-refractivity contribution in [3.05, 3.63) is 59.2 Å². The first-order valence-corrected chi connectivity index (χ1v) is 12.1. The fourth-order valence-corrected chi connectivity index (χ4v) is 2.76. The zero-order valence-electron chi connectivity index (χ0n) is 20.4. The van der Waals surface area contributed by atoms with Crippen molar-refractivity contribution in [2.45, 2.75) is 41.5 Å². The molecule has 0 aromatic rings. The molecular formula is C23H45N3O3S. The Morgan fingerprint density at radius 3 is 2.23 bits per heavy atom. The fraction of sp³-hybridized carbons (Fsp3) is 0.565. The van der Waals surface area contributed by atoms with Gasteiger partial charge in [-0.15, -0.1) is 0 Å². The Morgan fingerprint density at radius 2 is 1.73 bits per heavy atom. The van der Waals surface area contributed by atoms with Crippen LogP contribution in [0.5, 0.6) is 0 Å². The highest BCUT2D eigenvalue weighted by Gasteiger charge is 2.11. The lowest BCUT2D eigenvalue weighted by molar-refractivity contribution is 0.318. The Hall–Kier alpha value is -1.67. The lowest BCUT2D eigenvalue weighted by atomic mass is 10.1. The van der Waals surface area contributed by atoms with E-state index in [4.69, 9.17) is 5.11 Å². The SMILES string of the molecule is CC.CC.CCO.CNCCNS(=O)(=O)/C(C)=C/C=C\C1C=CC=CC(N(C)C)=C1. The van der Waals surface area contributed by atoms with E-state index in [-0.39, 0.29) is 12.5 Å². The van der Waals surface area contributed by atoms with Gasteiger partial charge in [-0.1, -0.05) is 64.2 Å². The summed E-state index contributed by atoms with van der Waals surface area (Å²) in [5, 5.41) is 10.5. The van der Waals surface area contributed by atoms with Gasteiger partial charge < -0.3 is 15.3 Å². The number of allylic oxidation sites excluding steroid dienone is 9. The standard InChI is InChI=1S/C17H27N3O2S.C2H6O.2C2H6/c1-15(23(21,22)19-13-12-18-2)8-7-10-16-9-5-6-11-17(14-16)20(3)4;1-2-3;2*1-2/h5-11,14,16,18-19H,12-13H2,1-4H3;3H,2H2,1H3;2*1-2H3/b10-7-,15-8+;;;. The first-order valence-electron chi connectivity index (χ1n) is 10.6. The van der Waals surface area contributed by atoms with E-state index < -0.39 is 10.0 Å². The van der Waals surface area contributed by atoms with E-state index in [1.54, 1.807) is 33.0 Å². The Morgan fingerprint density at radius 1 is 1.17 bits per heavy atom. The first-order chi connectivity index (χ1) is 14.3. The maximum Gasteiger partial charge on any atom is 0.236 e. The molecule has 0 saturated carbocycles. The zero-order valence-corrected chi connectivity index (χ0v) is 21.3. The van der Waals surface area contributed by atoms with E-state index in [1.165, 1.54) is 0 Å². The number of sulfonamides is 1. The molecule has 0 aromatic carbocycles. The molecule has 0 saturated heterocycles. The first kappa shape index (κ1) is 33.0. The lowest BCUT2D eigenvalue weighted by Gasteiger charge is -2.14. The Balaban J connectivity index is -0.000000926. The fourth-order valence-electron chi connectivity index (χ4n) is 1.91. The van der Waals surface area contributed by atoms with Crippen LogP contribution in [0.4, 0.5) is 0 Å². The molecule has 1 unspecified atom stereocenters. The van der Waals surface area contributed by atoms with Crippen LogP contribution in [0.3, 0.4) is 0 Å². The van der Waals surface area contributed by atoms with Crippen LogP contribution in [-0.4, -0.2) is 59.3 Å². The molecule has 0 radical (unpaired) electrons. The number of hydrogen-bond acceptors (Lipinski definition) is 5. The molecule has 0 aromatic heterocycles. The van der Waals surface area contributed by atoms with Gasteiger partial charge in [-0.3, -0.25) is 0 Å². The summed E-state index contributed by atoms with van der Waals surface area (Å²) in [4.78, 5) is 2.35. The lowest BCUT2D eigenvalue weighted by Crippen LogP contribution is -2.30. The molecule has 0 spiro atoms. The minimum absolute atomic E-state index is 0.131. The van der Waals surface area contributed by atoms with Crippen molar-refractivity contribution in [1.29, 1.82) is 0 Å². The Labute approximate surface area is 186 Å². The minimum atomic E-state index is -3.40. The quantitative estimate of drug-likeness (QED) is 0.392. The molecule has 3 N–H and O–H groups in total. The third kappa shape index (κ3) is 17.2. The summed E-state index contributed by atoms with van der Waals surface area (Å²) < 4.78 is 26.5. The van der Waals surface area contributed by atoms with Gasteiger partial charge in [0, 0.05) is 45.4 Å². The van der Waals surface area contributed by atoms with Crippen LogP contribution in [-0.2, 0) is 10.0 Å². The van der Waals surface area contributed by atoms with E-state index in [0.717, 1.165) is 5.70 Å². The molecule has 30 heavy (non-hydrogen) atoms. The predicted molar refractivity (Wildman–Crippen MR) is 133 cm³/mol. The van der Waals surface area contributed by atoms with E-state index in [9.17, 15) is 8.42 Å². The van der Waals surface area contributed by atoms with Crippen molar-refractivity contribution in [3.63, 3.8) is 0 Å². The van der Waals surface area contributed by atoms with Gasteiger partial charge in [-0.2, -0.15) is 0 Å². The van der Waals surface area contributed by atoms with Gasteiger partial charge in [0.05, 0.1) is 4.91 Å². The summed E-state index contributed by atoms with van der Waals surface area (Å²) in [5.74, 6) is 0.131. The van der Waals surface area contributed by atoms with E-state index in [1.807, 2.05) is 71.0 Å². The maximum atomic E-state index is 12.0. The molecule has 0 heterocycles. The second-order valence-electron chi connectivity index (χ2n) is 5.79. The predicted octanol–water partition coefficient (Wildman–Crippen LogP) is 3.82. The van der Waals surface area contributed by atoms with Crippen LogP contribution in [0.1, 0.15) is 41.5 Å². The zero-order chi connectivity index (χ0) is 24.0. The summed E-state index contributed by atoms with van der Waals surface area (Å²) >= 11 is 0. The van der Waals surface area contributed by atoms with E-state index >= 15 is 0 Å². The maximum absolute atomic E-state index is 12.0. The molecule has 6 nitrogen and oxygen atoms in total. The van der Waals surface area contributed by atoms with Crippen molar-refractivity contribution < 1.29 is 13.5 Å². The smallest absolute Gasteiger partial charge is 0.236 e. The van der Waals surface area contributed by atoms with E-state index in [0.29, 0.717) is 18.0 Å². The minimum Gasteiger partial charge on any atom is -0.397 e. The summed E-state index contributed by atoms with van der Waals surface area (Å²) in [6, 6.07) is 0. The third-order valence-corrected chi connectivity index (χ3v) is 4.91. The third-order valence-electron chi connectivity index (χ3n) is 3.35. The summed E-state index contributed by atoms with van der Waals surface area (Å²) in [6.07, 6.45) is 15.6. The van der Waals surface area contributed by atoms with Crippen molar-refractivity contribution in [2.75, 3.05) is 40.8 Å².